The van der Waals surface area contributed by atoms with E-state index >= 15 is 0 Å². The van der Waals surface area contributed by atoms with E-state index in [0.29, 0.717) is 13.0 Å². The predicted molar refractivity (Wildman–Crippen MR) is 108 cm³/mol. The topological polar surface area (TPSA) is 44.1 Å². The average molecular weight is 360 g/mol. The molecule has 1 atom stereocenters. The number of hydrogen-bond acceptors (Lipinski definition) is 3. The van der Waals surface area contributed by atoms with Gasteiger partial charge in [0.15, 0.2) is 0 Å². The maximum absolute atomic E-state index is 13.0. The lowest BCUT2D eigenvalue weighted by molar-refractivity contribution is -0.117. The number of amides is 1. The normalized spacial score (nSPS) is 11.7. The van der Waals surface area contributed by atoms with Crippen LogP contribution in [0.25, 0.3) is 10.8 Å². The van der Waals surface area contributed by atoms with Gasteiger partial charge in [-0.25, -0.2) is 0 Å². The van der Waals surface area contributed by atoms with Crippen molar-refractivity contribution in [2.75, 3.05) is 11.4 Å². The molecule has 0 saturated heterocycles. The number of nitriles is 1. The van der Waals surface area contributed by atoms with Crippen molar-refractivity contribution in [3.8, 4) is 6.07 Å². The molecular formula is C22H20N2OS. The van der Waals surface area contributed by atoms with Crippen LogP contribution in [0.1, 0.15) is 13.3 Å². The fraction of sp³-hybridized carbons (Fsp3) is 0.182. The predicted octanol–water partition coefficient (Wildman–Crippen LogP) is 5.27. The molecule has 130 valence electrons. The summed E-state index contributed by atoms with van der Waals surface area (Å²) in [6.07, 6.45) is 0.313. The van der Waals surface area contributed by atoms with Crippen molar-refractivity contribution in [3.63, 3.8) is 0 Å². The van der Waals surface area contributed by atoms with E-state index < -0.39 is 0 Å². The van der Waals surface area contributed by atoms with Crippen LogP contribution in [0, 0.1) is 11.3 Å². The second-order valence-corrected chi connectivity index (χ2v) is 7.42. The summed E-state index contributed by atoms with van der Waals surface area (Å²) in [7, 11) is 0. The number of thioether (sulfide) groups is 1. The number of nitrogens with zero attached hydrogens (tertiary/aromatic N) is 2. The van der Waals surface area contributed by atoms with Gasteiger partial charge in [-0.2, -0.15) is 5.26 Å². The molecule has 0 saturated carbocycles. The molecule has 4 heteroatoms. The third-order valence-electron chi connectivity index (χ3n) is 4.16. The highest BCUT2D eigenvalue weighted by Crippen LogP contribution is 2.29. The number of hydrogen-bond donors (Lipinski definition) is 0. The molecule has 0 aromatic heterocycles. The Hall–Kier alpha value is -2.77. The second kappa shape index (κ2) is 8.55. The zero-order valence-electron chi connectivity index (χ0n) is 14.6. The summed E-state index contributed by atoms with van der Waals surface area (Å²) >= 11 is 1.55. The zero-order valence-corrected chi connectivity index (χ0v) is 15.4. The van der Waals surface area contributed by atoms with Crippen molar-refractivity contribution in [2.24, 2.45) is 0 Å². The van der Waals surface area contributed by atoms with E-state index in [0.717, 1.165) is 10.6 Å². The molecule has 0 aliphatic heterocycles. The summed E-state index contributed by atoms with van der Waals surface area (Å²) in [5, 5.41) is 11.0. The summed E-state index contributed by atoms with van der Waals surface area (Å²) in [5.41, 5.74) is 0.832. The van der Waals surface area contributed by atoms with Gasteiger partial charge in [-0.1, -0.05) is 48.5 Å². The van der Waals surface area contributed by atoms with Crippen LogP contribution in [-0.2, 0) is 4.79 Å². The molecule has 0 heterocycles. The molecule has 0 radical (unpaired) electrons. The Kier molecular flexibility index (Phi) is 5.93. The summed E-state index contributed by atoms with van der Waals surface area (Å²) in [4.78, 5) is 15.8. The number of fused-ring (bicyclic) bond motifs is 1. The minimum atomic E-state index is -0.241. The van der Waals surface area contributed by atoms with Crippen LogP contribution in [0.3, 0.4) is 0 Å². The third kappa shape index (κ3) is 4.25. The quantitative estimate of drug-likeness (QED) is 0.563. The fourth-order valence-corrected chi connectivity index (χ4v) is 3.83. The molecule has 3 rings (SSSR count). The van der Waals surface area contributed by atoms with E-state index in [1.54, 1.807) is 16.7 Å². The molecule has 26 heavy (non-hydrogen) atoms. The number of carbonyl (C=O) groups excluding carboxylic acids is 1. The highest BCUT2D eigenvalue weighted by molar-refractivity contribution is 8.00. The van der Waals surface area contributed by atoms with Crippen molar-refractivity contribution in [3.05, 3.63) is 72.8 Å². The van der Waals surface area contributed by atoms with Crippen LogP contribution >= 0.6 is 11.8 Å². The highest BCUT2D eigenvalue weighted by atomic mass is 32.2. The van der Waals surface area contributed by atoms with Crippen molar-refractivity contribution < 1.29 is 4.79 Å². The molecule has 0 spiro atoms. The lowest BCUT2D eigenvalue weighted by Gasteiger charge is -2.25. The van der Waals surface area contributed by atoms with Gasteiger partial charge in [0, 0.05) is 17.1 Å². The molecule has 0 N–H and O–H groups in total. The first-order chi connectivity index (χ1) is 12.7. The van der Waals surface area contributed by atoms with Gasteiger partial charge in [0.1, 0.15) is 0 Å². The van der Waals surface area contributed by atoms with Gasteiger partial charge in [0.2, 0.25) is 5.91 Å². The van der Waals surface area contributed by atoms with Gasteiger partial charge < -0.3 is 4.90 Å². The van der Waals surface area contributed by atoms with E-state index in [2.05, 4.69) is 36.4 Å². The molecule has 3 aromatic carbocycles. The Morgan fingerprint density at radius 1 is 1.04 bits per heavy atom. The number of rotatable bonds is 6. The first-order valence-corrected chi connectivity index (χ1v) is 9.46. The Labute approximate surface area is 158 Å². The van der Waals surface area contributed by atoms with E-state index in [1.807, 2.05) is 49.4 Å². The summed E-state index contributed by atoms with van der Waals surface area (Å²) in [6.45, 7) is 2.33. The summed E-state index contributed by atoms with van der Waals surface area (Å²) in [6, 6.07) is 26.1. The molecule has 1 amide bonds. The second-order valence-electron chi connectivity index (χ2n) is 6.00. The van der Waals surface area contributed by atoms with E-state index in [4.69, 9.17) is 5.26 Å². The third-order valence-corrected chi connectivity index (χ3v) is 5.24. The Morgan fingerprint density at radius 2 is 1.73 bits per heavy atom. The van der Waals surface area contributed by atoms with Gasteiger partial charge in [-0.05, 0) is 42.0 Å². The van der Waals surface area contributed by atoms with Crippen molar-refractivity contribution in [1.82, 2.24) is 0 Å². The van der Waals surface area contributed by atoms with Gasteiger partial charge in [0.25, 0.3) is 0 Å². The first kappa shape index (κ1) is 18.0. The van der Waals surface area contributed by atoms with Gasteiger partial charge in [-0.15, -0.1) is 11.8 Å². The standard InChI is InChI=1S/C22H20N2OS/c1-17(26-21-13-12-18-8-5-6-9-19(18)16-21)22(25)24(15-7-14-23)20-10-3-2-4-11-20/h2-6,8-13,16-17H,7,15H2,1H3/t17-/m0/s1. The maximum Gasteiger partial charge on any atom is 0.240 e. The number of benzene rings is 3. The Morgan fingerprint density at radius 3 is 2.46 bits per heavy atom. The molecule has 0 fully saturated rings. The molecule has 0 bridgehead atoms. The summed E-state index contributed by atoms with van der Waals surface area (Å²) < 4.78 is 0. The lowest BCUT2D eigenvalue weighted by atomic mass is 10.1. The molecule has 0 unspecified atom stereocenters. The molecule has 0 aliphatic rings. The van der Waals surface area contributed by atoms with Crippen LogP contribution in [0.2, 0.25) is 0 Å². The number of anilines is 1. The largest absolute Gasteiger partial charge is 0.310 e. The van der Waals surface area contributed by atoms with E-state index in [-0.39, 0.29) is 11.2 Å². The molecule has 0 aliphatic carbocycles. The smallest absolute Gasteiger partial charge is 0.240 e. The fourth-order valence-electron chi connectivity index (χ4n) is 2.85. The summed E-state index contributed by atoms with van der Waals surface area (Å²) in [5.74, 6) is 0.0182. The van der Waals surface area contributed by atoms with Gasteiger partial charge >= 0.3 is 0 Å². The number of para-hydroxylation sites is 1. The van der Waals surface area contributed by atoms with Crippen molar-refractivity contribution in [2.45, 2.75) is 23.5 Å². The molecular weight excluding hydrogens is 340 g/mol. The monoisotopic (exact) mass is 360 g/mol. The Bertz CT molecular complexity index is 934. The van der Waals surface area contributed by atoms with Crippen LogP contribution < -0.4 is 4.90 Å². The van der Waals surface area contributed by atoms with Crippen molar-refractivity contribution >= 4 is 34.1 Å². The minimum absolute atomic E-state index is 0.0182. The lowest BCUT2D eigenvalue weighted by Crippen LogP contribution is -2.37. The van der Waals surface area contributed by atoms with Crippen LogP contribution in [-0.4, -0.2) is 17.7 Å². The maximum atomic E-state index is 13.0. The van der Waals surface area contributed by atoms with Crippen molar-refractivity contribution in [1.29, 1.82) is 5.26 Å². The van der Waals surface area contributed by atoms with Gasteiger partial charge in [-0.3, -0.25) is 4.79 Å². The van der Waals surface area contributed by atoms with E-state index in [1.165, 1.54) is 10.8 Å². The number of carbonyl (C=O) groups is 1. The van der Waals surface area contributed by atoms with E-state index in [9.17, 15) is 4.79 Å². The SMILES string of the molecule is C[C@H](Sc1ccc2ccccc2c1)C(=O)N(CCC#N)c1ccccc1. The highest BCUT2D eigenvalue weighted by Gasteiger charge is 2.22. The van der Waals surface area contributed by atoms with Crippen LogP contribution in [0.4, 0.5) is 5.69 Å². The van der Waals surface area contributed by atoms with Crippen LogP contribution in [0.15, 0.2) is 77.7 Å². The minimum Gasteiger partial charge on any atom is -0.310 e. The average Bonchev–Trinajstić information content (AvgIpc) is 2.69. The Balaban J connectivity index is 1.78. The molecule has 3 aromatic rings. The van der Waals surface area contributed by atoms with Gasteiger partial charge in [0.05, 0.1) is 17.7 Å². The van der Waals surface area contributed by atoms with Crippen LogP contribution in [0.5, 0.6) is 0 Å². The zero-order chi connectivity index (χ0) is 18.4. The molecule has 3 nitrogen and oxygen atoms in total. The first-order valence-electron chi connectivity index (χ1n) is 8.58.